The number of rotatable bonds is 11. The lowest BCUT2D eigenvalue weighted by Gasteiger charge is -2.31. The normalized spacial score (nSPS) is 21.4. The zero-order chi connectivity index (χ0) is 27.9. The molecule has 1 heterocycles. The van der Waals surface area contributed by atoms with Gasteiger partial charge in [0.1, 0.15) is 5.25 Å². The molecule has 0 aromatic heterocycles. The molecule has 1 atom stereocenters. The van der Waals surface area contributed by atoms with Gasteiger partial charge in [0.15, 0.2) is 5.78 Å². The maximum absolute atomic E-state index is 12.4. The van der Waals surface area contributed by atoms with E-state index >= 15 is 0 Å². The Morgan fingerprint density at radius 2 is 1.71 bits per heavy atom. The Morgan fingerprint density at radius 3 is 2.32 bits per heavy atom. The van der Waals surface area contributed by atoms with E-state index in [1.165, 1.54) is 29.3 Å². The van der Waals surface area contributed by atoms with E-state index in [2.05, 4.69) is 22.3 Å². The number of nitrogens with zero attached hydrogens (tertiary/aromatic N) is 1. The van der Waals surface area contributed by atoms with Gasteiger partial charge >= 0.3 is 5.97 Å². The minimum Gasteiger partial charge on any atom is -0.480 e. The fourth-order valence-electron chi connectivity index (χ4n) is 5.70. The van der Waals surface area contributed by atoms with Crippen LogP contribution in [0.15, 0.2) is 18.2 Å². The Kier molecular flexibility index (Phi) is 11.3. The molecule has 212 valence electrons. The van der Waals surface area contributed by atoms with E-state index in [-0.39, 0.29) is 29.1 Å². The average molecular weight is 545 g/mol. The predicted molar refractivity (Wildman–Crippen MR) is 156 cm³/mol. The molecule has 1 fully saturated rings. The lowest BCUT2D eigenvalue weighted by atomic mass is 9.84. The summed E-state index contributed by atoms with van der Waals surface area (Å²) in [6.07, 6.45) is 7.99. The molecule has 0 spiro atoms. The molecule has 0 radical (unpaired) electrons. The topological polar surface area (TPSA) is 86.7 Å². The van der Waals surface area contributed by atoms with Crippen LogP contribution in [-0.2, 0) is 22.4 Å². The van der Waals surface area contributed by atoms with Crippen molar-refractivity contribution in [1.29, 1.82) is 0 Å². The predicted octanol–water partition coefficient (Wildman–Crippen LogP) is 5.61. The van der Waals surface area contributed by atoms with E-state index in [4.69, 9.17) is 0 Å². The molecule has 1 aliphatic carbocycles. The molecule has 2 aliphatic rings. The van der Waals surface area contributed by atoms with Gasteiger partial charge in [-0.15, -0.1) is 11.8 Å². The number of ketones is 1. The molecule has 38 heavy (non-hydrogen) atoms. The van der Waals surface area contributed by atoms with Gasteiger partial charge in [0.2, 0.25) is 5.91 Å². The number of nitrogens with one attached hydrogen (secondary N) is 1. The van der Waals surface area contributed by atoms with Crippen molar-refractivity contribution in [3.8, 4) is 0 Å². The van der Waals surface area contributed by atoms with E-state index in [1.54, 1.807) is 0 Å². The summed E-state index contributed by atoms with van der Waals surface area (Å²) in [5.41, 5.74) is 3.24. The van der Waals surface area contributed by atoms with Gasteiger partial charge in [-0.25, -0.2) is 0 Å². The number of carbonyl (C=O) groups is 3. The van der Waals surface area contributed by atoms with Crippen molar-refractivity contribution in [2.75, 3.05) is 25.4 Å². The average Bonchev–Trinajstić information content (AvgIpc) is 3.06. The van der Waals surface area contributed by atoms with Crippen LogP contribution in [0.1, 0.15) is 94.6 Å². The Labute approximate surface area is 233 Å². The van der Waals surface area contributed by atoms with E-state index in [0.29, 0.717) is 18.1 Å². The highest BCUT2D eigenvalue weighted by atomic mass is 32.2. The minimum atomic E-state index is -0.807. The van der Waals surface area contributed by atoms with E-state index < -0.39 is 11.2 Å². The van der Waals surface area contributed by atoms with Crippen LogP contribution in [0.3, 0.4) is 0 Å². The smallest absolute Gasteiger partial charge is 0.317 e. The third kappa shape index (κ3) is 9.11. The fraction of sp³-hybridized carbons (Fsp3) is 0.710. The highest BCUT2D eigenvalue weighted by Gasteiger charge is 2.31. The number of carbonyl (C=O) groups excluding carboxylic acids is 2. The van der Waals surface area contributed by atoms with Crippen LogP contribution in [0.4, 0.5) is 0 Å². The number of carboxylic acid groups (broad SMARTS) is 1. The third-order valence-electron chi connectivity index (χ3n) is 8.10. The van der Waals surface area contributed by atoms with Gasteiger partial charge in [0.05, 0.1) is 0 Å². The summed E-state index contributed by atoms with van der Waals surface area (Å²) in [5, 5.41) is 12.1. The number of hydrogen-bond acceptors (Lipinski definition) is 5. The van der Waals surface area contributed by atoms with Crippen LogP contribution < -0.4 is 5.32 Å². The first kappa shape index (κ1) is 30.7. The van der Waals surface area contributed by atoms with Crippen LogP contribution in [0, 0.1) is 17.3 Å². The Morgan fingerprint density at radius 1 is 1.05 bits per heavy atom. The first-order valence-corrected chi connectivity index (χ1v) is 15.5. The Bertz CT molecular complexity index is 963. The summed E-state index contributed by atoms with van der Waals surface area (Å²) in [4.78, 5) is 39.0. The maximum atomic E-state index is 12.4. The van der Waals surface area contributed by atoms with Crippen LogP contribution in [0.25, 0.3) is 0 Å². The summed E-state index contributed by atoms with van der Waals surface area (Å²) in [6.45, 7) is 12.9. The molecule has 0 saturated heterocycles. The molecule has 2 N–H and O–H groups in total. The van der Waals surface area contributed by atoms with Crippen LogP contribution in [0.5, 0.6) is 0 Å². The number of amides is 1. The van der Waals surface area contributed by atoms with Crippen molar-refractivity contribution < 1.29 is 19.5 Å². The SMILES string of the molecule is CC(C)C(=O)c1ccc2c(c1)CCN(CC[C@H]1CC[C@H](NC(=O)CCSC(C(=O)O)C(C)(C)C)CC1)CC2. The zero-order valence-electron chi connectivity index (χ0n) is 24.1. The fourth-order valence-corrected chi connectivity index (χ4v) is 6.88. The number of fused-ring (bicyclic) bond motifs is 1. The van der Waals surface area contributed by atoms with Gasteiger partial charge in [-0.2, -0.15) is 0 Å². The number of hydrogen-bond donors (Lipinski definition) is 2. The van der Waals surface area contributed by atoms with Crippen LogP contribution in [0.2, 0.25) is 0 Å². The summed E-state index contributed by atoms with van der Waals surface area (Å²) in [5.74, 6) is 0.738. The first-order chi connectivity index (χ1) is 17.9. The van der Waals surface area contributed by atoms with E-state index in [0.717, 1.165) is 63.7 Å². The molecular weight excluding hydrogens is 496 g/mol. The largest absolute Gasteiger partial charge is 0.480 e. The lowest BCUT2D eigenvalue weighted by molar-refractivity contribution is -0.138. The molecule has 1 aliphatic heterocycles. The molecule has 1 aromatic carbocycles. The zero-order valence-corrected chi connectivity index (χ0v) is 24.9. The van der Waals surface area contributed by atoms with E-state index in [9.17, 15) is 19.5 Å². The van der Waals surface area contributed by atoms with Crippen LogP contribution in [-0.4, -0.2) is 64.3 Å². The second kappa shape index (κ2) is 14.0. The Balaban J connectivity index is 1.34. The highest BCUT2D eigenvalue weighted by molar-refractivity contribution is 8.00. The molecule has 7 heteroatoms. The Hall–Kier alpha value is -1.86. The van der Waals surface area contributed by atoms with Gasteiger partial charge in [-0.3, -0.25) is 14.4 Å². The summed E-state index contributed by atoms with van der Waals surface area (Å²) in [7, 11) is 0. The van der Waals surface area contributed by atoms with Gasteiger partial charge in [-0.05, 0) is 80.0 Å². The van der Waals surface area contributed by atoms with Crippen molar-refractivity contribution in [2.24, 2.45) is 17.3 Å². The first-order valence-electron chi connectivity index (χ1n) is 14.5. The second-order valence-electron chi connectivity index (χ2n) is 12.6. The number of Topliss-reactive ketones (excluding diaryl/α,β-unsaturated/α-hetero) is 1. The van der Waals surface area contributed by atoms with Crippen molar-refractivity contribution in [3.63, 3.8) is 0 Å². The molecule has 1 saturated carbocycles. The van der Waals surface area contributed by atoms with Crippen molar-refractivity contribution >= 4 is 29.4 Å². The van der Waals surface area contributed by atoms with E-state index in [1.807, 2.05) is 40.7 Å². The number of carboxylic acids is 1. The standard InChI is InChI=1S/C31H48N2O4S/c1-21(2)28(35)25-9-8-23-13-17-33(18-14-24(23)20-25)16-12-22-6-10-26(11-7-22)32-27(34)15-19-38-29(30(36)37)31(3,4)5/h8-9,20-22,26,29H,6-7,10-19H2,1-5H3,(H,32,34)(H,36,37)/t22-,26-,29?. The highest BCUT2D eigenvalue weighted by Crippen LogP contribution is 2.31. The van der Waals surface area contributed by atoms with Crippen molar-refractivity contribution in [1.82, 2.24) is 10.2 Å². The van der Waals surface area contributed by atoms with Crippen molar-refractivity contribution in [3.05, 3.63) is 34.9 Å². The number of thioether (sulfide) groups is 1. The third-order valence-corrected chi connectivity index (χ3v) is 9.78. The number of benzene rings is 1. The summed E-state index contributed by atoms with van der Waals surface area (Å²) >= 11 is 1.37. The minimum absolute atomic E-state index is 0.0303. The molecule has 1 unspecified atom stereocenters. The van der Waals surface area contributed by atoms with Gasteiger partial charge in [0, 0.05) is 42.8 Å². The molecule has 3 rings (SSSR count). The van der Waals surface area contributed by atoms with Crippen molar-refractivity contribution in [2.45, 2.75) is 97.3 Å². The summed E-state index contributed by atoms with van der Waals surface area (Å²) < 4.78 is 0. The van der Waals surface area contributed by atoms with Gasteiger partial charge in [0.25, 0.3) is 0 Å². The quantitative estimate of drug-likeness (QED) is 0.352. The molecule has 1 aromatic rings. The molecule has 6 nitrogen and oxygen atoms in total. The lowest BCUT2D eigenvalue weighted by Crippen LogP contribution is -2.38. The van der Waals surface area contributed by atoms with Gasteiger partial charge < -0.3 is 15.3 Å². The molecule has 1 amide bonds. The molecular formula is C31H48N2O4S. The van der Waals surface area contributed by atoms with Crippen LogP contribution >= 0.6 is 11.8 Å². The summed E-state index contributed by atoms with van der Waals surface area (Å²) in [6, 6.07) is 6.55. The second-order valence-corrected chi connectivity index (χ2v) is 13.8. The number of aliphatic carboxylic acids is 1. The van der Waals surface area contributed by atoms with Gasteiger partial charge in [-0.1, -0.05) is 46.8 Å². The molecule has 0 bridgehead atoms. The monoisotopic (exact) mass is 544 g/mol. The maximum Gasteiger partial charge on any atom is 0.317 e.